The van der Waals surface area contributed by atoms with Crippen LogP contribution in [0.25, 0.3) is 6.08 Å². The van der Waals surface area contributed by atoms with Gasteiger partial charge in [0.15, 0.2) is 0 Å². The second kappa shape index (κ2) is 6.20. The monoisotopic (exact) mass is 310 g/mol. The molecule has 7 nitrogen and oxygen atoms in total. The number of hydrogen-bond acceptors (Lipinski definition) is 5. The van der Waals surface area contributed by atoms with Gasteiger partial charge in [-0.15, -0.1) is 0 Å². The number of allylic oxidation sites excluding steroid dienone is 1. The number of hydrogen-bond donors (Lipinski definition) is 3. The molecule has 2 heterocycles. The average molecular weight is 310 g/mol. The van der Waals surface area contributed by atoms with Gasteiger partial charge >= 0.3 is 5.69 Å². The molecule has 1 aliphatic rings. The van der Waals surface area contributed by atoms with Gasteiger partial charge in [0, 0.05) is 12.6 Å². The van der Waals surface area contributed by atoms with Gasteiger partial charge in [0.2, 0.25) is 0 Å². The van der Waals surface area contributed by atoms with Gasteiger partial charge in [0.05, 0.1) is 18.3 Å². The summed E-state index contributed by atoms with van der Waals surface area (Å²) in [5, 5.41) is 18.9. The average Bonchev–Trinajstić information content (AvgIpc) is 2.77. The molecular weight excluding hydrogens is 288 g/mol. The lowest BCUT2D eigenvalue weighted by molar-refractivity contribution is -0.0459. The van der Waals surface area contributed by atoms with E-state index in [2.05, 4.69) is 4.98 Å². The summed E-state index contributed by atoms with van der Waals surface area (Å²) in [5.41, 5.74) is -0.845. The Kier molecular flexibility index (Phi) is 4.69. The van der Waals surface area contributed by atoms with Gasteiger partial charge in [-0.3, -0.25) is 14.3 Å². The third-order valence-corrected chi connectivity index (χ3v) is 3.45. The van der Waals surface area contributed by atoms with E-state index in [9.17, 15) is 14.7 Å². The van der Waals surface area contributed by atoms with Crippen LogP contribution in [-0.4, -0.2) is 38.6 Å². The summed E-state index contributed by atoms with van der Waals surface area (Å²) in [7, 11) is 0. The van der Waals surface area contributed by atoms with Crippen LogP contribution in [0.1, 0.15) is 39.0 Å². The molecule has 2 rings (SSSR count). The number of rotatable bonds is 3. The predicted molar refractivity (Wildman–Crippen MR) is 81.4 cm³/mol. The number of aromatic nitrogens is 2. The zero-order valence-corrected chi connectivity index (χ0v) is 12.9. The largest absolute Gasteiger partial charge is 0.394 e. The van der Waals surface area contributed by atoms with Crippen molar-refractivity contribution < 1.29 is 14.9 Å². The van der Waals surface area contributed by atoms with Crippen molar-refractivity contribution >= 4 is 6.08 Å². The number of ether oxygens (including phenoxy) is 1. The first-order valence-corrected chi connectivity index (χ1v) is 7.20. The fraction of sp³-hybridized carbons (Fsp3) is 0.600. The highest BCUT2D eigenvalue weighted by atomic mass is 16.5. The Hall–Kier alpha value is -1.70. The van der Waals surface area contributed by atoms with Crippen LogP contribution in [0, 0.1) is 5.41 Å². The summed E-state index contributed by atoms with van der Waals surface area (Å²) in [6, 6.07) is 0. The molecule has 0 bridgehead atoms. The Bertz CT molecular complexity index is 668. The molecule has 0 aliphatic carbocycles. The zero-order valence-electron chi connectivity index (χ0n) is 12.9. The van der Waals surface area contributed by atoms with Gasteiger partial charge in [0.1, 0.15) is 12.3 Å². The van der Waals surface area contributed by atoms with Gasteiger partial charge in [-0.2, -0.15) is 0 Å². The number of nitrogens with zero attached hydrogens (tertiary/aromatic N) is 1. The number of aliphatic hydroxyl groups excluding tert-OH is 2. The Morgan fingerprint density at radius 1 is 1.45 bits per heavy atom. The number of nitrogens with one attached hydrogen (secondary N) is 1. The van der Waals surface area contributed by atoms with Crippen LogP contribution in [0.2, 0.25) is 0 Å². The molecule has 122 valence electrons. The summed E-state index contributed by atoms with van der Waals surface area (Å²) in [6.45, 7) is 5.66. The molecule has 0 spiro atoms. The molecule has 1 aliphatic heterocycles. The van der Waals surface area contributed by atoms with Crippen molar-refractivity contribution in [2.45, 2.75) is 45.6 Å². The molecule has 22 heavy (non-hydrogen) atoms. The van der Waals surface area contributed by atoms with E-state index in [4.69, 9.17) is 9.84 Å². The fourth-order valence-electron chi connectivity index (χ4n) is 2.22. The molecule has 1 aromatic heterocycles. The van der Waals surface area contributed by atoms with E-state index in [0.29, 0.717) is 5.56 Å². The summed E-state index contributed by atoms with van der Waals surface area (Å²) >= 11 is 0. The number of aliphatic hydroxyl groups is 2. The Labute approximate surface area is 127 Å². The molecule has 0 radical (unpaired) electrons. The summed E-state index contributed by atoms with van der Waals surface area (Å²) in [5.74, 6) is 0. The molecule has 1 aromatic rings. The zero-order chi connectivity index (χ0) is 16.5. The predicted octanol–water partition coefficient (Wildman–Crippen LogP) is 0.237. The lowest BCUT2D eigenvalue weighted by Crippen LogP contribution is -2.33. The number of aromatic amines is 1. The van der Waals surface area contributed by atoms with Crippen LogP contribution in [0.5, 0.6) is 0 Å². The molecule has 7 heteroatoms. The Balaban J connectivity index is 2.36. The highest BCUT2D eigenvalue weighted by Gasteiger charge is 2.35. The molecule has 1 saturated heterocycles. The van der Waals surface area contributed by atoms with Crippen molar-refractivity contribution in [1.82, 2.24) is 9.55 Å². The molecular formula is C15H22N2O5. The maximum absolute atomic E-state index is 11.9. The highest BCUT2D eigenvalue weighted by molar-refractivity contribution is 5.47. The van der Waals surface area contributed by atoms with E-state index >= 15 is 0 Å². The first kappa shape index (κ1) is 16.7. The minimum Gasteiger partial charge on any atom is -0.394 e. The Morgan fingerprint density at radius 2 is 2.14 bits per heavy atom. The minimum absolute atomic E-state index is 0.102. The number of H-pyrrole nitrogens is 1. The summed E-state index contributed by atoms with van der Waals surface area (Å²) in [6.07, 6.45) is 2.84. The van der Waals surface area contributed by atoms with E-state index in [-0.39, 0.29) is 18.4 Å². The molecule has 0 unspecified atom stereocenters. The van der Waals surface area contributed by atoms with Crippen LogP contribution in [-0.2, 0) is 4.74 Å². The quantitative estimate of drug-likeness (QED) is 0.741. The van der Waals surface area contributed by atoms with E-state index in [1.807, 2.05) is 26.8 Å². The SMILES string of the molecule is CC(C)(C)C=Cc1cn([C@H]2C[C@H](O)[C@@H](CO)O2)c(=O)[nH]c1=O. The lowest BCUT2D eigenvalue weighted by Gasteiger charge is -2.15. The summed E-state index contributed by atoms with van der Waals surface area (Å²) in [4.78, 5) is 26.0. The van der Waals surface area contributed by atoms with Crippen molar-refractivity contribution in [3.8, 4) is 0 Å². The van der Waals surface area contributed by atoms with Crippen LogP contribution in [0.3, 0.4) is 0 Å². The van der Waals surface area contributed by atoms with Crippen molar-refractivity contribution in [2.75, 3.05) is 6.61 Å². The summed E-state index contributed by atoms with van der Waals surface area (Å²) < 4.78 is 6.69. The fourth-order valence-corrected chi connectivity index (χ4v) is 2.22. The van der Waals surface area contributed by atoms with Crippen LogP contribution in [0.15, 0.2) is 21.9 Å². The molecule has 1 fully saturated rings. The van der Waals surface area contributed by atoms with Crippen molar-refractivity contribution in [2.24, 2.45) is 5.41 Å². The lowest BCUT2D eigenvalue weighted by atomic mass is 9.96. The smallest absolute Gasteiger partial charge is 0.330 e. The first-order chi connectivity index (χ1) is 10.2. The van der Waals surface area contributed by atoms with Crippen molar-refractivity contribution in [1.29, 1.82) is 0 Å². The van der Waals surface area contributed by atoms with Gasteiger partial charge in [-0.1, -0.05) is 32.9 Å². The normalized spacial score (nSPS) is 26.0. The second-order valence-electron chi connectivity index (χ2n) is 6.57. The van der Waals surface area contributed by atoms with Crippen molar-refractivity contribution in [3.05, 3.63) is 38.7 Å². The highest BCUT2D eigenvalue weighted by Crippen LogP contribution is 2.27. The maximum atomic E-state index is 11.9. The van der Waals surface area contributed by atoms with Gasteiger partial charge in [-0.05, 0) is 5.41 Å². The van der Waals surface area contributed by atoms with E-state index in [1.54, 1.807) is 6.08 Å². The maximum Gasteiger partial charge on any atom is 0.330 e. The van der Waals surface area contributed by atoms with Crippen LogP contribution < -0.4 is 11.2 Å². The van der Waals surface area contributed by atoms with Gasteiger partial charge < -0.3 is 14.9 Å². The van der Waals surface area contributed by atoms with E-state index < -0.39 is 29.7 Å². The van der Waals surface area contributed by atoms with Gasteiger partial charge in [0.25, 0.3) is 5.56 Å². The standard InChI is InChI=1S/C15H22N2O5/c1-15(2,3)5-4-9-7-17(14(21)16-13(9)20)12-6-10(19)11(8-18)22-12/h4-5,7,10-12,18-19H,6,8H2,1-3H3,(H,16,20,21)/t10-,11+,12+/m0/s1. The minimum atomic E-state index is -0.845. The van der Waals surface area contributed by atoms with Gasteiger partial charge in [-0.25, -0.2) is 4.79 Å². The molecule has 3 N–H and O–H groups in total. The van der Waals surface area contributed by atoms with Crippen LogP contribution in [0.4, 0.5) is 0 Å². The third-order valence-electron chi connectivity index (χ3n) is 3.45. The van der Waals surface area contributed by atoms with E-state index in [1.165, 1.54) is 10.8 Å². The second-order valence-corrected chi connectivity index (χ2v) is 6.57. The van der Waals surface area contributed by atoms with Crippen LogP contribution >= 0.6 is 0 Å². The molecule has 0 aromatic carbocycles. The molecule has 0 saturated carbocycles. The first-order valence-electron chi connectivity index (χ1n) is 7.20. The Morgan fingerprint density at radius 3 is 2.68 bits per heavy atom. The van der Waals surface area contributed by atoms with E-state index in [0.717, 1.165) is 0 Å². The molecule has 3 atom stereocenters. The molecule has 0 amide bonds. The third kappa shape index (κ3) is 3.73. The topological polar surface area (TPSA) is 105 Å². The van der Waals surface area contributed by atoms with Crippen molar-refractivity contribution in [3.63, 3.8) is 0 Å².